The molecule has 0 atom stereocenters. The number of ether oxygens (including phenoxy) is 1. The van der Waals surface area contributed by atoms with E-state index in [-0.39, 0.29) is 5.56 Å². The summed E-state index contributed by atoms with van der Waals surface area (Å²) in [5, 5.41) is 6.49. The minimum atomic E-state index is -0.0278. The van der Waals surface area contributed by atoms with Crippen LogP contribution in [0.3, 0.4) is 0 Å². The van der Waals surface area contributed by atoms with Crippen LogP contribution in [0.15, 0.2) is 46.4 Å². The lowest BCUT2D eigenvalue weighted by Crippen LogP contribution is -2.29. The van der Waals surface area contributed by atoms with E-state index in [9.17, 15) is 4.79 Å². The fourth-order valence-electron chi connectivity index (χ4n) is 4.24. The minimum Gasteiger partial charge on any atom is -0.381 e. The van der Waals surface area contributed by atoms with Crippen molar-refractivity contribution in [2.75, 3.05) is 13.2 Å². The van der Waals surface area contributed by atoms with E-state index in [1.54, 1.807) is 16.0 Å². The van der Waals surface area contributed by atoms with E-state index in [1.807, 2.05) is 36.9 Å². The lowest BCUT2D eigenvalue weighted by molar-refractivity contribution is 0.0597. The average molecular weight is 453 g/mol. The summed E-state index contributed by atoms with van der Waals surface area (Å²) in [6, 6.07) is 0. The fraction of sp³-hybridized carbons (Fsp3) is 0.480. The Balaban J connectivity index is 1.68. The normalized spacial score (nSPS) is 16.8. The Morgan fingerprint density at radius 1 is 1.31 bits per heavy atom. The van der Waals surface area contributed by atoms with Gasteiger partial charge >= 0.3 is 0 Å². The lowest BCUT2D eigenvalue weighted by Gasteiger charge is -2.22. The van der Waals surface area contributed by atoms with Crippen LogP contribution in [0.4, 0.5) is 0 Å². The van der Waals surface area contributed by atoms with Crippen molar-refractivity contribution in [3.05, 3.63) is 57.0 Å². The number of thiazole rings is 1. The number of fused-ring (bicyclic) bond motifs is 3. The van der Waals surface area contributed by atoms with Gasteiger partial charge in [-0.3, -0.25) is 4.79 Å². The third-order valence-electron chi connectivity index (χ3n) is 6.36. The van der Waals surface area contributed by atoms with Crippen molar-refractivity contribution >= 4 is 32.6 Å². The smallest absolute Gasteiger partial charge is 0.291 e. The van der Waals surface area contributed by atoms with E-state index in [2.05, 4.69) is 31.1 Å². The molecule has 3 aromatic rings. The molecule has 170 valence electrons. The van der Waals surface area contributed by atoms with Crippen molar-refractivity contribution in [3.63, 3.8) is 0 Å². The Kier molecular flexibility index (Phi) is 7.06. The van der Waals surface area contributed by atoms with Crippen molar-refractivity contribution in [2.45, 2.75) is 53.0 Å². The molecular formula is C25H32N4O2S. The first kappa shape index (κ1) is 22.7. The topological polar surface area (TPSA) is 61.9 Å². The SMILES string of the molecule is C\C=C/C=C\C(Cc1nc2c(s1)c1cnn(CC3CCOCC3)c(=O)c1n2C)=C(\C)CC. The van der Waals surface area contributed by atoms with Crippen LogP contribution in [0.25, 0.3) is 21.3 Å². The average Bonchev–Trinajstić information content (AvgIpc) is 3.33. The zero-order valence-corrected chi connectivity index (χ0v) is 20.2. The number of hydrogen-bond donors (Lipinski definition) is 0. The Labute approximate surface area is 192 Å². The van der Waals surface area contributed by atoms with Gasteiger partial charge < -0.3 is 9.30 Å². The zero-order chi connectivity index (χ0) is 22.7. The molecule has 1 aliphatic heterocycles. The van der Waals surface area contributed by atoms with E-state index < -0.39 is 0 Å². The zero-order valence-electron chi connectivity index (χ0n) is 19.4. The maximum absolute atomic E-state index is 13.2. The summed E-state index contributed by atoms with van der Waals surface area (Å²) < 4.78 is 10.1. The highest BCUT2D eigenvalue weighted by atomic mass is 32.1. The highest BCUT2D eigenvalue weighted by Gasteiger charge is 2.21. The van der Waals surface area contributed by atoms with Crippen LogP contribution >= 0.6 is 11.3 Å². The van der Waals surface area contributed by atoms with Crippen molar-refractivity contribution in [3.8, 4) is 0 Å². The first-order valence-electron chi connectivity index (χ1n) is 11.4. The number of rotatable bonds is 7. The molecule has 6 nitrogen and oxygen atoms in total. The summed E-state index contributed by atoms with van der Waals surface area (Å²) >= 11 is 1.67. The van der Waals surface area contributed by atoms with Gasteiger partial charge in [0.1, 0.15) is 10.5 Å². The second-order valence-electron chi connectivity index (χ2n) is 8.49. The molecule has 0 bridgehead atoms. The van der Waals surface area contributed by atoms with Gasteiger partial charge in [0.2, 0.25) is 0 Å². The lowest BCUT2D eigenvalue weighted by atomic mass is 10.0. The number of allylic oxidation sites excluding steroid dienone is 6. The first-order chi connectivity index (χ1) is 15.5. The molecule has 3 aromatic heterocycles. The summed E-state index contributed by atoms with van der Waals surface area (Å²) in [6.45, 7) is 8.58. The van der Waals surface area contributed by atoms with Gasteiger partial charge in [0.15, 0.2) is 5.65 Å². The van der Waals surface area contributed by atoms with E-state index in [0.717, 1.165) is 59.6 Å². The van der Waals surface area contributed by atoms with Crippen LogP contribution in [-0.2, 0) is 24.8 Å². The van der Waals surface area contributed by atoms with Gasteiger partial charge in [0.25, 0.3) is 5.56 Å². The highest BCUT2D eigenvalue weighted by molar-refractivity contribution is 7.19. The molecule has 0 aliphatic carbocycles. The van der Waals surface area contributed by atoms with Crippen molar-refractivity contribution in [1.29, 1.82) is 0 Å². The quantitative estimate of drug-likeness (QED) is 0.464. The monoisotopic (exact) mass is 452 g/mol. The van der Waals surface area contributed by atoms with E-state index in [4.69, 9.17) is 9.72 Å². The molecule has 1 saturated heterocycles. The Bertz CT molecular complexity index is 1250. The van der Waals surface area contributed by atoms with Crippen LogP contribution in [0.5, 0.6) is 0 Å². The summed E-state index contributed by atoms with van der Waals surface area (Å²) in [6.07, 6.45) is 14.0. The maximum atomic E-state index is 13.2. The van der Waals surface area contributed by atoms with Crippen LogP contribution in [-0.4, -0.2) is 32.5 Å². The van der Waals surface area contributed by atoms with Gasteiger partial charge in [0, 0.05) is 38.6 Å². The second kappa shape index (κ2) is 9.96. The highest BCUT2D eigenvalue weighted by Crippen LogP contribution is 2.32. The van der Waals surface area contributed by atoms with E-state index in [1.165, 1.54) is 11.1 Å². The Hall–Kier alpha value is -2.51. The molecule has 0 aromatic carbocycles. The molecule has 1 aliphatic rings. The Morgan fingerprint density at radius 3 is 2.81 bits per heavy atom. The summed E-state index contributed by atoms with van der Waals surface area (Å²) in [7, 11) is 1.94. The standard InChI is InChI=1S/C25H32N4O2S/c1-5-7-8-9-19(17(3)6-2)14-21-27-24-23(32-21)20-15-26-29(25(30)22(20)28(24)4)16-18-10-12-31-13-11-18/h5,7-9,15,18H,6,10-14,16H2,1-4H3/b7-5-,9-8-,19-17+. The molecule has 0 amide bonds. The first-order valence-corrected chi connectivity index (χ1v) is 12.2. The van der Waals surface area contributed by atoms with Gasteiger partial charge in [0.05, 0.1) is 10.9 Å². The van der Waals surface area contributed by atoms with Crippen molar-refractivity contribution in [2.24, 2.45) is 13.0 Å². The fourth-order valence-corrected chi connectivity index (χ4v) is 5.37. The molecule has 0 saturated carbocycles. The number of aryl methyl sites for hydroxylation is 1. The van der Waals surface area contributed by atoms with Crippen molar-refractivity contribution in [1.82, 2.24) is 19.3 Å². The molecular weight excluding hydrogens is 420 g/mol. The molecule has 4 heterocycles. The van der Waals surface area contributed by atoms with E-state index in [0.29, 0.717) is 18.0 Å². The summed E-state index contributed by atoms with van der Waals surface area (Å²) in [4.78, 5) is 18.2. The number of aromatic nitrogens is 4. The third-order valence-corrected chi connectivity index (χ3v) is 7.44. The van der Waals surface area contributed by atoms with Gasteiger partial charge in [-0.15, -0.1) is 11.3 Å². The number of nitrogens with zero attached hydrogens (tertiary/aromatic N) is 4. The van der Waals surface area contributed by atoms with Crippen LogP contribution in [0.1, 0.15) is 45.0 Å². The predicted molar refractivity (Wildman–Crippen MR) is 132 cm³/mol. The predicted octanol–water partition coefficient (Wildman–Crippen LogP) is 5.17. The van der Waals surface area contributed by atoms with Gasteiger partial charge in [-0.1, -0.05) is 36.8 Å². The molecule has 0 unspecified atom stereocenters. The van der Waals surface area contributed by atoms with Crippen molar-refractivity contribution < 1.29 is 4.74 Å². The largest absolute Gasteiger partial charge is 0.381 e. The van der Waals surface area contributed by atoms with Gasteiger partial charge in [-0.05, 0) is 44.6 Å². The minimum absolute atomic E-state index is 0.0278. The second-order valence-corrected chi connectivity index (χ2v) is 9.57. The van der Waals surface area contributed by atoms with Gasteiger partial charge in [-0.25, -0.2) is 9.67 Å². The molecule has 0 N–H and O–H groups in total. The molecule has 4 rings (SSSR count). The van der Waals surface area contributed by atoms with Crippen LogP contribution < -0.4 is 5.56 Å². The van der Waals surface area contributed by atoms with E-state index >= 15 is 0 Å². The molecule has 0 spiro atoms. The van der Waals surface area contributed by atoms with Gasteiger partial charge in [-0.2, -0.15) is 5.10 Å². The molecule has 0 radical (unpaired) electrons. The molecule has 1 fully saturated rings. The van der Waals surface area contributed by atoms with Crippen LogP contribution in [0.2, 0.25) is 0 Å². The van der Waals surface area contributed by atoms with Crippen LogP contribution in [0, 0.1) is 5.92 Å². The summed E-state index contributed by atoms with van der Waals surface area (Å²) in [5.74, 6) is 0.445. The molecule has 7 heteroatoms. The Morgan fingerprint density at radius 2 is 2.09 bits per heavy atom. The summed E-state index contributed by atoms with van der Waals surface area (Å²) in [5.41, 5.74) is 4.20. The maximum Gasteiger partial charge on any atom is 0.291 e. The third kappa shape index (κ3) is 4.50. The number of hydrogen-bond acceptors (Lipinski definition) is 5. The molecule has 32 heavy (non-hydrogen) atoms.